The molecule has 0 aromatic heterocycles. The second-order valence-corrected chi connectivity index (χ2v) is 4.62. The molecule has 1 heterocycles. The number of hydrogen-bond donors (Lipinski definition) is 1. The van der Waals surface area contributed by atoms with Crippen LogP contribution >= 0.6 is 0 Å². The van der Waals surface area contributed by atoms with Gasteiger partial charge < -0.3 is 9.84 Å². The number of carboxylic acids is 1. The van der Waals surface area contributed by atoms with Gasteiger partial charge in [-0.15, -0.1) is 0 Å². The first kappa shape index (κ1) is 14.8. The van der Waals surface area contributed by atoms with E-state index in [4.69, 9.17) is 4.74 Å². The van der Waals surface area contributed by atoms with Gasteiger partial charge in [-0.3, -0.25) is 9.98 Å². The van der Waals surface area contributed by atoms with Gasteiger partial charge in [-0.1, -0.05) is 6.58 Å². The maximum atomic E-state index is 11.4. The van der Waals surface area contributed by atoms with Gasteiger partial charge in [0.05, 0.1) is 0 Å². The normalized spacial score (nSPS) is 16.7. The summed E-state index contributed by atoms with van der Waals surface area (Å²) in [6.07, 6.45) is 6.84. The minimum Gasteiger partial charge on any atom is -0.478 e. The van der Waals surface area contributed by atoms with Gasteiger partial charge in [-0.05, 0) is 26.0 Å². The van der Waals surface area contributed by atoms with Crippen molar-refractivity contribution in [1.29, 1.82) is 0 Å². The number of nitrogens with zero attached hydrogens (tertiary/aromatic N) is 2. The maximum absolute atomic E-state index is 11.4. The van der Waals surface area contributed by atoms with E-state index in [1.807, 2.05) is 0 Å². The van der Waals surface area contributed by atoms with Gasteiger partial charge in [-0.25, -0.2) is 9.59 Å². The van der Waals surface area contributed by atoms with E-state index < -0.39 is 23.2 Å². The van der Waals surface area contributed by atoms with Crippen LogP contribution in [-0.4, -0.2) is 40.7 Å². The van der Waals surface area contributed by atoms with Gasteiger partial charge in [0.2, 0.25) is 0 Å². The Kier molecular flexibility index (Phi) is 4.37. The summed E-state index contributed by atoms with van der Waals surface area (Å²) in [5.41, 5.74) is -2.73. The van der Waals surface area contributed by atoms with Gasteiger partial charge in [0.25, 0.3) is 5.66 Å². The molecule has 0 aliphatic carbocycles. The van der Waals surface area contributed by atoms with Crippen LogP contribution in [0, 0.1) is 0 Å². The topological polar surface area (TPSA) is 88.3 Å². The number of aliphatic carboxylic acids is 1. The van der Waals surface area contributed by atoms with Crippen LogP contribution in [0.2, 0.25) is 0 Å². The fraction of sp³-hybridized carbons (Fsp3) is 0.385. The van der Waals surface area contributed by atoms with Crippen LogP contribution in [0.15, 0.2) is 34.8 Å². The number of allylic oxidation sites excluding steroid dienone is 2. The van der Waals surface area contributed by atoms with Crippen molar-refractivity contribution in [2.24, 2.45) is 9.98 Å². The zero-order valence-electron chi connectivity index (χ0n) is 10.9. The van der Waals surface area contributed by atoms with Crippen molar-refractivity contribution >= 4 is 24.4 Å². The number of esters is 1. The van der Waals surface area contributed by atoms with Gasteiger partial charge in [-0.2, -0.15) is 0 Å². The van der Waals surface area contributed by atoms with Crippen LogP contribution < -0.4 is 0 Å². The van der Waals surface area contributed by atoms with Crippen LogP contribution in [0.5, 0.6) is 0 Å². The van der Waals surface area contributed by atoms with Gasteiger partial charge in [0.15, 0.2) is 0 Å². The zero-order chi connectivity index (χ0) is 14.5. The van der Waals surface area contributed by atoms with E-state index >= 15 is 0 Å². The molecule has 0 bridgehead atoms. The third-order valence-electron chi connectivity index (χ3n) is 2.42. The zero-order valence-corrected chi connectivity index (χ0v) is 10.9. The predicted molar refractivity (Wildman–Crippen MR) is 71.5 cm³/mol. The lowest BCUT2D eigenvalue weighted by atomic mass is 9.94. The second kappa shape index (κ2) is 5.60. The summed E-state index contributed by atoms with van der Waals surface area (Å²) in [6.45, 7) is 6.50. The molecule has 0 saturated carbocycles. The van der Waals surface area contributed by atoms with Gasteiger partial charge >= 0.3 is 11.9 Å². The number of ether oxygens (including phenoxy) is 1. The summed E-state index contributed by atoms with van der Waals surface area (Å²) in [6, 6.07) is 0. The lowest BCUT2D eigenvalue weighted by molar-refractivity contribution is -0.157. The SMILES string of the molecule is C=CC(=O)OC(C)(C)CC1(C(=O)O)N=CC=CC=N1. The van der Waals surface area contributed by atoms with Crippen molar-refractivity contribution in [3.8, 4) is 0 Å². The Morgan fingerprint density at radius 1 is 1.37 bits per heavy atom. The predicted octanol–water partition coefficient (Wildman–Crippen LogP) is 1.38. The Balaban J connectivity index is 3.00. The Hall–Kier alpha value is -2.24. The molecule has 19 heavy (non-hydrogen) atoms. The molecule has 6 nitrogen and oxygen atoms in total. The van der Waals surface area contributed by atoms with E-state index in [1.165, 1.54) is 12.4 Å². The third kappa shape index (κ3) is 3.87. The molecule has 0 fully saturated rings. The molecule has 1 rings (SSSR count). The average molecular weight is 264 g/mol. The number of aliphatic imine (C=N–C) groups is 2. The quantitative estimate of drug-likeness (QED) is 0.600. The minimum atomic E-state index is -1.69. The molecule has 0 radical (unpaired) electrons. The highest BCUT2D eigenvalue weighted by Gasteiger charge is 2.44. The van der Waals surface area contributed by atoms with Gasteiger partial charge in [0, 0.05) is 24.9 Å². The first-order valence-corrected chi connectivity index (χ1v) is 5.66. The molecule has 1 N–H and O–H groups in total. The lowest BCUT2D eigenvalue weighted by Gasteiger charge is -2.31. The molecule has 0 saturated heterocycles. The van der Waals surface area contributed by atoms with E-state index in [-0.39, 0.29) is 6.42 Å². The standard InChI is InChI=1S/C13H16N2O4/c1-4-10(16)19-12(2,3)9-13(11(17)18)14-7-5-6-8-15-13/h4-8H,1,9H2,2-3H3,(H,17,18). The van der Waals surface area contributed by atoms with Crippen LogP contribution in [0.1, 0.15) is 20.3 Å². The maximum Gasteiger partial charge on any atom is 0.354 e. The summed E-state index contributed by atoms with van der Waals surface area (Å²) in [5, 5.41) is 9.35. The van der Waals surface area contributed by atoms with Crippen LogP contribution in [0.3, 0.4) is 0 Å². The Morgan fingerprint density at radius 2 is 1.89 bits per heavy atom. The van der Waals surface area contributed by atoms with E-state index in [0.29, 0.717) is 0 Å². The summed E-state index contributed by atoms with van der Waals surface area (Å²) in [4.78, 5) is 30.6. The molecule has 0 unspecified atom stereocenters. The molecule has 0 aromatic rings. The fourth-order valence-corrected chi connectivity index (χ4v) is 1.69. The Morgan fingerprint density at radius 3 is 2.32 bits per heavy atom. The first-order valence-electron chi connectivity index (χ1n) is 5.66. The summed E-state index contributed by atoms with van der Waals surface area (Å²) >= 11 is 0. The van der Waals surface area contributed by atoms with E-state index in [9.17, 15) is 14.7 Å². The Labute approximate surface area is 111 Å². The smallest absolute Gasteiger partial charge is 0.354 e. The second-order valence-electron chi connectivity index (χ2n) is 4.62. The summed E-state index contributed by atoms with van der Waals surface area (Å²) in [5.74, 6) is -1.82. The molecule has 0 atom stereocenters. The first-order chi connectivity index (χ1) is 8.81. The summed E-state index contributed by atoms with van der Waals surface area (Å²) < 4.78 is 5.12. The third-order valence-corrected chi connectivity index (χ3v) is 2.42. The molecule has 0 spiro atoms. The molecular formula is C13H16N2O4. The van der Waals surface area contributed by atoms with E-state index in [1.54, 1.807) is 26.0 Å². The van der Waals surface area contributed by atoms with Crippen molar-refractivity contribution in [2.75, 3.05) is 0 Å². The summed E-state index contributed by atoms with van der Waals surface area (Å²) in [7, 11) is 0. The molecule has 0 aromatic carbocycles. The average Bonchev–Trinajstić information content (AvgIpc) is 2.54. The highest BCUT2D eigenvalue weighted by atomic mass is 16.6. The number of carboxylic acid groups (broad SMARTS) is 1. The molecule has 0 amide bonds. The molecular weight excluding hydrogens is 248 g/mol. The Bertz CT molecular complexity index is 459. The van der Waals surface area contributed by atoms with Crippen molar-refractivity contribution in [3.05, 3.63) is 24.8 Å². The monoisotopic (exact) mass is 264 g/mol. The lowest BCUT2D eigenvalue weighted by Crippen LogP contribution is -2.43. The van der Waals surface area contributed by atoms with E-state index in [2.05, 4.69) is 16.6 Å². The molecule has 1 aliphatic rings. The van der Waals surface area contributed by atoms with Crippen LogP contribution in [-0.2, 0) is 14.3 Å². The largest absolute Gasteiger partial charge is 0.478 e. The number of rotatable bonds is 5. The van der Waals surface area contributed by atoms with Crippen molar-refractivity contribution in [2.45, 2.75) is 31.5 Å². The van der Waals surface area contributed by atoms with Crippen molar-refractivity contribution < 1.29 is 19.4 Å². The number of carbonyl (C=O) groups excluding carboxylic acids is 1. The van der Waals surface area contributed by atoms with Crippen LogP contribution in [0.4, 0.5) is 0 Å². The van der Waals surface area contributed by atoms with Crippen molar-refractivity contribution in [3.63, 3.8) is 0 Å². The van der Waals surface area contributed by atoms with Crippen molar-refractivity contribution in [1.82, 2.24) is 0 Å². The number of carbonyl (C=O) groups is 2. The fourth-order valence-electron chi connectivity index (χ4n) is 1.69. The molecule has 1 aliphatic heterocycles. The minimum absolute atomic E-state index is 0.0798. The highest BCUT2D eigenvalue weighted by molar-refractivity contribution is 5.90. The molecule has 102 valence electrons. The highest BCUT2D eigenvalue weighted by Crippen LogP contribution is 2.29. The van der Waals surface area contributed by atoms with Gasteiger partial charge in [0.1, 0.15) is 5.60 Å². The van der Waals surface area contributed by atoms with E-state index in [0.717, 1.165) is 6.08 Å². The van der Waals surface area contributed by atoms with Crippen LogP contribution in [0.25, 0.3) is 0 Å². The molecule has 6 heteroatoms. The number of hydrogen-bond acceptors (Lipinski definition) is 5.